The molecule has 0 aliphatic heterocycles. The van der Waals surface area contributed by atoms with E-state index in [0.717, 1.165) is 0 Å². The molecule has 0 bridgehead atoms. The van der Waals surface area contributed by atoms with Crippen molar-refractivity contribution >= 4 is 8.07 Å². The van der Waals surface area contributed by atoms with Crippen molar-refractivity contribution in [3.8, 4) is 0 Å². The minimum absolute atomic E-state index is 0.896. The van der Waals surface area contributed by atoms with E-state index in [2.05, 4.69) is 27.7 Å². The van der Waals surface area contributed by atoms with Crippen molar-refractivity contribution in [3.63, 3.8) is 0 Å². The Kier molecular flexibility index (Phi) is 7.73. The maximum atomic E-state index is 4.20. The zero-order valence-electron chi connectivity index (χ0n) is 9.86. The highest BCUT2D eigenvalue weighted by molar-refractivity contribution is 6.80. The third kappa shape index (κ3) is 4.85. The van der Waals surface area contributed by atoms with Gasteiger partial charge in [-0.2, -0.15) is 0 Å². The fourth-order valence-corrected chi connectivity index (χ4v) is 6.03. The van der Waals surface area contributed by atoms with Crippen LogP contribution in [0.1, 0.15) is 46.5 Å². The molecule has 0 spiro atoms. The Morgan fingerprint density at radius 1 is 0.923 bits per heavy atom. The fraction of sp³-hybridized carbons (Fsp3) is 0.917. The van der Waals surface area contributed by atoms with Crippen molar-refractivity contribution in [2.75, 3.05) is 0 Å². The first-order chi connectivity index (χ1) is 6.24. The molecular formula is C12H27Si. The Morgan fingerprint density at radius 3 is 1.62 bits per heavy atom. The molecule has 0 aromatic rings. The van der Waals surface area contributed by atoms with Crippen LogP contribution in [0.25, 0.3) is 0 Å². The van der Waals surface area contributed by atoms with Crippen LogP contribution in [-0.4, -0.2) is 8.07 Å². The Labute approximate surface area is 86.1 Å². The Balaban J connectivity index is 3.97. The molecule has 1 radical (unpaired) electrons. The van der Waals surface area contributed by atoms with E-state index in [4.69, 9.17) is 0 Å². The van der Waals surface area contributed by atoms with Gasteiger partial charge in [0.2, 0.25) is 0 Å². The second-order valence-electron chi connectivity index (χ2n) is 4.31. The number of hydrogen-bond donors (Lipinski definition) is 0. The lowest BCUT2D eigenvalue weighted by Crippen LogP contribution is -2.31. The second-order valence-corrected chi connectivity index (χ2v) is 9.52. The molecular weight excluding hydrogens is 172 g/mol. The van der Waals surface area contributed by atoms with Crippen molar-refractivity contribution in [2.45, 2.75) is 70.6 Å². The molecule has 0 heterocycles. The van der Waals surface area contributed by atoms with Crippen LogP contribution >= 0.6 is 0 Å². The Morgan fingerprint density at radius 2 is 1.38 bits per heavy atom. The van der Waals surface area contributed by atoms with Gasteiger partial charge < -0.3 is 0 Å². The molecule has 0 nitrogen and oxygen atoms in total. The fourth-order valence-electron chi connectivity index (χ4n) is 2.01. The molecule has 0 amide bonds. The summed E-state index contributed by atoms with van der Waals surface area (Å²) in [7, 11) is -0.896. The summed E-state index contributed by atoms with van der Waals surface area (Å²) in [6.07, 6.45) is 5.61. The van der Waals surface area contributed by atoms with Gasteiger partial charge in [-0.1, -0.05) is 77.6 Å². The second kappa shape index (κ2) is 7.60. The zero-order valence-corrected chi connectivity index (χ0v) is 10.9. The third-order valence-electron chi connectivity index (χ3n) is 3.40. The summed E-state index contributed by atoms with van der Waals surface area (Å²) in [5.74, 6) is 0. The molecule has 0 aromatic carbocycles. The van der Waals surface area contributed by atoms with Crippen LogP contribution in [0.2, 0.25) is 24.2 Å². The maximum absolute atomic E-state index is 4.20. The third-order valence-corrected chi connectivity index (χ3v) is 8.79. The largest absolute Gasteiger partial charge is 0.0678 e. The van der Waals surface area contributed by atoms with E-state index in [0.29, 0.717) is 0 Å². The molecule has 0 unspecified atom stereocenters. The molecule has 0 aromatic heterocycles. The summed E-state index contributed by atoms with van der Waals surface area (Å²) in [5.41, 5.74) is 0. The van der Waals surface area contributed by atoms with Gasteiger partial charge in [0.05, 0.1) is 8.07 Å². The van der Waals surface area contributed by atoms with Gasteiger partial charge in [0.1, 0.15) is 0 Å². The summed E-state index contributed by atoms with van der Waals surface area (Å²) in [6.45, 7) is 11.2. The first kappa shape index (κ1) is 13.2. The van der Waals surface area contributed by atoms with Crippen LogP contribution in [0.5, 0.6) is 0 Å². The van der Waals surface area contributed by atoms with Gasteiger partial charge in [-0.3, -0.25) is 0 Å². The van der Waals surface area contributed by atoms with Crippen LogP contribution in [0.3, 0.4) is 0 Å². The molecule has 0 aliphatic carbocycles. The molecule has 0 aliphatic rings. The molecule has 0 rings (SSSR count). The van der Waals surface area contributed by atoms with Crippen molar-refractivity contribution in [3.05, 3.63) is 6.92 Å². The van der Waals surface area contributed by atoms with Crippen LogP contribution in [0.4, 0.5) is 0 Å². The van der Waals surface area contributed by atoms with Crippen molar-refractivity contribution in [1.82, 2.24) is 0 Å². The van der Waals surface area contributed by atoms with Gasteiger partial charge in [0.25, 0.3) is 0 Å². The smallest absolute Gasteiger partial charge is 0.0533 e. The van der Waals surface area contributed by atoms with E-state index in [9.17, 15) is 0 Å². The van der Waals surface area contributed by atoms with E-state index in [1.165, 1.54) is 49.9 Å². The molecule has 0 saturated carbocycles. The summed E-state index contributed by atoms with van der Waals surface area (Å²) in [6, 6.07) is 5.78. The van der Waals surface area contributed by atoms with Crippen molar-refractivity contribution in [1.29, 1.82) is 0 Å². The van der Waals surface area contributed by atoms with Gasteiger partial charge in [0, 0.05) is 0 Å². The highest BCUT2D eigenvalue weighted by Crippen LogP contribution is 2.29. The molecule has 79 valence electrons. The minimum Gasteiger partial charge on any atom is -0.0678 e. The predicted molar refractivity (Wildman–Crippen MR) is 65.8 cm³/mol. The zero-order chi connectivity index (χ0) is 10.2. The van der Waals surface area contributed by atoms with Crippen LogP contribution in [0.15, 0.2) is 0 Å². The van der Waals surface area contributed by atoms with Gasteiger partial charge >= 0.3 is 0 Å². The lowest BCUT2D eigenvalue weighted by Gasteiger charge is -2.29. The molecule has 0 atom stereocenters. The monoisotopic (exact) mass is 199 g/mol. The minimum atomic E-state index is -0.896. The van der Waals surface area contributed by atoms with Crippen molar-refractivity contribution in [2.24, 2.45) is 0 Å². The van der Waals surface area contributed by atoms with Gasteiger partial charge in [-0.15, -0.1) is 0 Å². The number of rotatable bonds is 8. The van der Waals surface area contributed by atoms with Crippen LogP contribution < -0.4 is 0 Å². The van der Waals surface area contributed by atoms with Gasteiger partial charge in [-0.05, 0) is 0 Å². The molecule has 0 N–H and O–H groups in total. The lowest BCUT2D eigenvalue weighted by molar-refractivity contribution is 0.819. The molecule has 1 heteroatoms. The molecule has 0 saturated heterocycles. The quantitative estimate of drug-likeness (QED) is 0.488. The molecule has 0 fully saturated rings. The first-order valence-electron chi connectivity index (χ1n) is 6.04. The van der Waals surface area contributed by atoms with Crippen molar-refractivity contribution < 1.29 is 0 Å². The average molecular weight is 199 g/mol. The number of hydrogen-bond acceptors (Lipinski definition) is 0. The normalized spacial score (nSPS) is 12.0. The Bertz CT molecular complexity index is 95.7. The maximum Gasteiger partial charge on any atom is 0.0533 e. The van der Waals surface area contributed by atoms with E-state index >= 15 is 0 Å². The average Bonchev–Trinajstić information content (AvgIpc) is 2.20. The number of unbranched alkanes of at least 4 members (excludes halogenated alkanes) is 2. The summed E-state index contributed by atoms with van der Waals surface area (Å²) in [5, 5.41) is 0. The molecule has 13 heavy (non-hydrogen) atoms. The van der Waals surface area contributed by atoms with E-state index in [1.807, 2.05) is 0 Å². The van der Waals surface area contributed by atoms with E-state index in [1.54, 1.807) is 0 Å². The van der Waals surface area contributed by atoms with E-state index in [-0.39, 0.29) is 0 Å². The summed E-state index contributed by atoms with van der Waals surface area (Å²) < 4.78 is 0. The Hall–Kier alpha value is 0.217. The summed E-state index contributed by atoms with van der Waals surface area (Å²) in [4.78, 5) is 0. The first-order valence-corrected chi connectivity index (χ1v) is 8.86. The van der Waals surface area contributed by atoms with Crippen LogP contribution in [-0.2, 0) is 0 Å². The van der Waals surface area contributed by atoms with Crippen LogP contribution in [0, 0.1) is 6.92 Å². The topological polar surface area (TPSA) is 0 Å². The highest BCUT2D eigenvalue weighted by Gasteiger charge is 2.26. The predicted octanol–water partition coefficient (Wildman–Crippen LogP) is 4.89. The van der Waals surface area contributed by atoms with Gasteiger partial charge in [-0.25, -0.2) is 0 Å². The van der Waals surface area contributed by atoms with Gasteiger partial charge in [0.15, 0.2) is 0 Å². The van der Waals surface area contributed by atoms with E-state index < -0.39 is 8.07 Å². The standard InChI is InChI=1S/C12H27Si/c1-5-9-11-13(7-3,8-4)12-10-6-2/h3,5-12H2,1-2,4H3. The summed E-state index contributed by atoms with van der Waals surface area (Å²) >= 11 is 0. The lowest BCUT2D eigenvalue weighted by atomic mass is 10.4. The highest BCUT2D eigenvalue weighted by atomic mass is 28.3. The SMILES string of the molecule is [CH2]C[Si](CC)(CCCC)CCCC.